The summed E-state index contributed by atoms with van der Waals surface area (Å²) in [7, 11) is 0. The molecule has 0 saturated heterocycles. The molecule has 0 fully saturated rings. The van der Waals surface area contributed by atoms with Gasteiger partial charge in [-0.1, -0.05) is 65.8 Å². The highest BCUT2D eigenvalue weighted by Gasteiger charge is 2.20. The van der Waals surface area contributed by atoms with Crippen molar-refractivity contribution >= 4 is 34.2 Å². The van der Waals surface area contributed by atoms with Crippen LogP contribution in [-0.2, 0) is 0 Å². The number of hydrogen-bond acceptors (Lipinski definition) is 3. The zero-order valence-electron chi connectivity index (χ0n) is 10.2. The van der Waals surface area contributed by atoms with Crippen LogP contribution in [0.5, 0.6) is 0 Å². The van der Waals surface area contributed by atoms with Crippen LogP contribution in [0.15, 0.2) is 59.6 Å². The van der Waals surface area contributed by atoms with Gasteiger partial charge in [-0.3, -0.25) is 4.99 Å². The highest BCUT2D eigenvalue weighted by atomic mass is 35.5. The molecule has 4 heteroatoms. The monoisotopic (exact) mass is 288 g/mol. The van der Waals surface area contributed by atoms with E-state index in [0.717, 1.165) is 16.6 Å². The number of hydrogen-bond donors (Lipinski definition) is 1. The van der Waals surface area contributed by atoms with Gasteiger partial charge in [-0.05, 0) is 17.7 Å². The Kier molecular flexibility index (Phi) is 3.76. The van der Waals surface area contributed by atoms with Crippen molar-refractivity contribution in [1.29, 1.82) is 0 Å². The smallest absolute Gasteiger partial charge is 0.161 e. The highest BCUT2D eigenvalue weighted by molar-refractivity contribution is 8.14. The normalized spacial score (nSPS) is 18.2. The van der Waals surface area contributed by atoms with Crippen molar-refractivity contribution in [3.63, 3.8) is 0 Å². The molecule has 2 aromatic carbocycles. The molecule has 1 aliphatic rings. The summed E-state index contributed by atoms with van der Waals surface area (Å²) in [6, 6.07) is 18.3. The molecule has 19 heavy (non-hydrogen) atoms. The van der Waals surface area contributed by atoms with Gasteiger partial charge in [0.05, 0.1) is 16.8 Å². The second kappa shape index (κ2) is 5.68. The van der Waals surface area contributed by atoms with Crippen LogP contribution in [0, 0.1) is 0 Å². The number of para-hydroxylation sites is 1. The van der Waals surface area contributed by atoms with Gasteiger partial charge in [0, 0.05) is 5.75 Å². The molecule has 0 saturated carbocycles. The third-order valence-corrected chi connectivity index (χ3v) is 4.24. The van der Waals surface area contributed by atoms with Crippen LogP contribution in [0.2, 0.25) is 5.02 Å². The van der Waals surface area contributed by atoms with Crippen molar-refractivity contribution in [1.82, 2.24) is 0 Å². The maximum atomic E-state index is 6.13. The summed E-state index contributed by atoms with van der Waals surface area (Å²) in [6.45, 7) is 0. The van der Waals surface area contributed by atoms with E-state index in [1.807, 2.05) is 30.3 Å². The lowest BCUT2D eigenvalue weighted by atomic mass is 10.1. The second-order valence-corrected chi connectivity index (χ2v) is 5.69. The van der Waals surface area contributed by atoms with Crippen LogP contribution < -0.4 is 5.32 Å². The fourth-order valence-electron chi connectivity index (χ4n) is 1.97. The van der Waals surface area contributed by atoms with Crippen molar-refractivity contribution in [3.05, 3.63) is 65.2 Å². The maximum Gasteiger partial charge on any atom is 0.161 e. The Morgan fingerprint density at radius 3 is 2.58 bits per heavy atom. The number of aliphatic imine (C=N–C) groups is 1. The summed E-state index contributed by atoms with van der Waals surface area (Å²) >= 11 is 7.86. The maximum absolute atomic E-state index is 6.13. The molecule has 0 aromatic heterocycles. The van der Waals surface area contributed by atoms with Crippen molar-refractivity contribution in [2.45, 2.75) is 6.04 Å². The van der Waals surface area contributed by atoms with Gasteiger partial charge in [0.2, 0.25) is 0 Å². The van der Waals surface area contributed by atoms with Crippen LogP contribution in [0.3, 0.4) is 0 Å². The molecular formula is C15H13ClN2S. The summed E-state index contributed by atoms with van der Waals surface area (Å²) in [5, 5.41) is 4.94. The summed E-state index contributed by atoms with van der Waals surface area (Å²) in [4.78, 5) is 4.70. The Morgan fingerprint density at radius 2 is 1.79 bits per heavy atom. The molecule has 0 aliphatic carbocycles. The Hall–Kier alpha value is -1.45. The van der Waals surface area contributed by atoms with Crippen LogP contribution in [-0.4, -0.2) is 10.9 Å². The average molecular weight is 289 g/mol. The Bertz CT molecular complexity index is 598. The molecule has 2 nitrogen and oxygen atoms in total. The Balaban J connectivity index is 1.76. The van der Waals surface area contributed by atoms with Crippen molar-refractivity contribution in [2.75, 3.05) is 11.1 Å². The molecule has 0 radical (unpaired) electrons. The van der Waals surface area contributed by atoms with E-state index in [0.29, 0.717) is 5.02 Å². The molecular weight excluding hydrogens is 276 g/mol. The molecule has 1 heterocycles. The number of rotatable bonds is 2. The minimum atomic E-state index is 0.233. The molecule has 1 unspecified atom stereocenters. The van der Waals surface area contributed by atoms with Gasteiger partial charge in [0.1, 0.15) is 0 Å². The molecule has 0 bridgehead atoms. The number of halogens is 1. The first-order chi connectivity index (χ1) is 9.33. The van der Waals surface area contributed by atoms with E-state index < -0.39 is 0 Å². The van der Waals surface area contributed by atoms with Crippen LogP contribution in [0.25, 0.3) is 0 Å². The first-order valence-corrected chi connectivity index (χ1v) is 7.46. The summed E-state index contributed by atoms with van der Waals surface area (Å²) < 4.78 is 0. The van der Waals surface area contributed by atoms with Gasteiger partial charge >= 0.3 is 0 Å². The zero-order chi connectivity index (χ0) is 13.1. The lowest BCUT2D eigenvalue weighted by molar-refractivity contribution is 0.849. The Morgan fingerprint density at radius 1 is 1.05 bits per heavy atom. The van der Waals surface area contributed by atoms with E-state index in [9.17, 15) is 0 Å². The number of nitrogens with one attached hydrogen (secondary N) is 1. The van der Waals surface area contributed by atoms with E-state index in [1.54, 1.807) is 11.8 Å². The van der Waals surface area contributed by atoms with Crippen LogP contribution in [0.4, 0.5) is 5.69 Å². The third-order valence-electron chi connectivity index (χ3n) is 2.95. The first-order valence-electron chi connectivity index (χ1n) is 6.10. The fourth-order valence-corrected chi connectivity index (χ4v) is 3.12. The minimum Gasteiger partial charge on any atom is -0.334 e. The van der Waals surface area contributed by atoms with Gasteiger partial charge in [0.25, 0.3) is 0 Å². The van der Waals surface area contributed by atoms with Gasteiger partial charge in [0.15, 0.2) is 5.17 Å². The predicted molar refractivity (Wildman–Crippen MR) is 84.2 cm³/mol. The Labute approximate surface area is 121 Å². The van der Waals surface area contributed by atoms with Gasteiger partial charge in [-0.15, -0.1) is 0 Å². The number of benzene rings is 2. The number of amidine groups is 1. The highest BCUT2D eigenvalue weighted by Crippen LogP contribution is 2.31. The largest absolute Gasteiger partial charge is 0.334 e. The summed E-state index contributed by atoms with van der Waals surface area (Å²) in [5.41, 5.74) is 2.16. The van der Waals surface area contributed by atoms with Crippen molar-refractivity contribution in [3.8, 4) is 0 Å². The fraction of sp³-hybridized carbons (Fsp3) is 0.133. The molecule has 2 aromatic rings. The first kappa shape index (κ1) is 12.6. The standard InChI is InChI=1S/C15H13ClN2S/c16-12-8-4-5-9-13(12)17-15-18-14(10-19-15)11-6-2-1-3-7-11/h1-9,14H,10H2,(H,17,18). The summed E-state index contributed by atoms with van der Waals surface area (Å²) in [6.07, 6.45) is 0. The van der Waals surface area contributed by atoms with Crippen LogP contribution >= 0.6 is 23.4 Å². The lowest BCUT2D eigenvalue weighted by Gasteiger charge is -2.06. The minimum absolute atomic E-state index is 0.233. The topological polar surface area (TPSA) is 24.4 Å². The molecule has 96 valence electrons. The van der Waals surface area contributed by atoms with E-state index in [1.165, 1.54) is 5.56 Å². The molecule has 1 atom stereocenters. The van der Waals surface area contributed by atoms with E-state index in [2.05, 4.69) is 29.6 Å². The number of thioether (sulfide) groups is 1. The van der Waals surface area contributed by atoms with E-state index >= 15 is 0 Å². The lowest BCUT2D eigenvalue weighted by Crippen LogP contribution is -2.05. The zero-order valence-corrected chi connectivity index (χ0v) is 11.8. The predicted octanol–water partition coefficient (Wildman–Crippen LogP) is 4.60. The van der Waals surface area contributed by atoms with Crippen molar-refractivity contribution in [2.24, 2.45) is 4.99 Å². The number of anilines is 1. The van der Waals surface area contributed by atoms with Gasteiger partial charge < -0.3 is 5.32 Å². The number of nitrogens with zero attached hydrogens (tertiary/aromatic N) is 1. The molecule has 0 spiro atoms. The van der Waals surface area contributed by atoms with Crippen LogP contribution in [0.1, 0.15) is 11.6 Å². The summed E-state index contributed by atoms with van der Waals surface area (Å²) in [5.74, 6) is 0.969. The van der Waals surface area contributed by atoms with E-state index in [-0.39, 0.29) is 6.04 Å². The second-order valence-electron chi connectivity index (χ2n) is 4.28. The molecule has 1 N–H and O–H groups in total. The molecule has 1 aliphatic heterocycles. The molecule has 3 rings (SSSR count). The van der Waals surface area contributed by atoms with Gasteiger partial charge in [-0.2, -0.15) is 0 Å². The third kappa shape index (κ3) is 2.94. The van der Waals surface area contributed by atoms with E-state index in [4.69, 9.17) is 16.6 Å². The molecule has 0 amide bonds. The van der Waals surface area contributed by atoms with Gasteiger partial charge in [-0.25, -0.2) is 0 Å². The SMILES string of the molecule is Clc1ccccc1NC1=NC(c2ccccc2)CS1. The van der Waals surface area contributed by atoms with Crippen molar-refractivity contribution < 1.29 is 0 Å². The quantitative estimate of drug-likeness (QED) is 0.873. The average Bonchev–Trinajstić information content (AvgIpc) is 2.91.